The molecule has 5 aliphatic rings. The second-order valence-corrected chi connectivity index (χ2v) is 11.7. The Morgan fingerprint density at radius 2 is 1.57 bits per heavy atom. The lowest BCUT2D eigenvalue weighted by Gasteiger charge is -2.57. The molecule has 0 atom stereocenters. The van der Waals surface area contributed by atoms with Gasteiger partial charge in [-0.2, -0.15) is 0 Å². The maximum absolute atomic E-state index is 13.8. The van der Waals surface area contributed by atoms with Crippen LogP contribution in [0.2, 0.25) is 0 Å². The van der Waals surface area contributed by atoms with Crippen LogP contribution < -0.4 is 15.5 Å². The number of carbonyl (C=O) groups is 2. The van der Waals surface area contributed by atoms with Crippen LogP contribution >= 0.6 is 0 Å². The SMILES string of the molecule is CC(=O)NCCNc1cc(N2CCN(C(=O)C34CC5CC(CC(C5)C3)C4)CC2)nc(-c2ccccc2)n1. The molecule has 2 amide bonds. The van der Waals surface area contributed by atoms with Gasteiger partial charge in [-0.05, 0) is 56.3 Å². The summed E-state index contributed by atoms with van der Waals surface area (Å²) < 4.78 is 0. The van der Waals surface area contributed by atoms with Crippen LogP contribution in [0.4, 0.5) is 11.6 Å². The Labute approximate surface area is 219 Å². The third kappa shape index (κ3) is 5.03. The van der Waals surface area contributed by atoms with E-state index in [1.165, 1.54) is 26.2 Å². The molecule has 2 aromatic rings. The summed E-state index contributed by atoms with van der Waals surface area (Å²) >= 11 is 0. The van der Waals surface area contributed by atoms with Gasteiger partial charge in [-0.3, -0.25) is 9.59 Å². The first-order chi connectivity index (χ1) is 18.0. The lowest BCUT2D eigenvalue weighted by atomic mass is 9.49. The summed E-state index contributed by atoms with van der Waals surface area (Å²) in [4.78, 5) is 39.1. The molecule has 0 radical (unpaired) electrons. The second kappa shape index (κ2) is 9.95. The van der Waals surface area contributed by atoms with Crippen LogP contribution in [0.3, 0.4) is 0 Å². The third-order valence-corrected chi connectivity index (χ3v) is 8.93. The molecule has 1 aromatic heterocycles. The van der Waals surface area contributed by atoms with Gasteiger partial charge in [0.2, 0.25) is 11.8 Å². The summed E-state index contributed by atoms with van der Waals surface area (Å²) in [5, 5.41) is 6.14. The highest BCUT2D eigenvalue weighted by molar-refractivity contribution is 5.83. The van der Waals surface area contributed by atoms with E-state index in [4.69, 9.17) is 9.97 Å². The molecule has 2 N–H and O–H groups in total. The van der Waals surface area contributed by atoms with E-state index in [9.17, 15) is 9.59 Å². The number of aromatic nitrogens is 2. The molecule has 5 fully saturated rings. The zero-order valence-electron chi connectivity index (χ0n) is 21.8. The fourth-order valence-corrected chi connectivity index (χ4v) is 7.68. The normalized spacial score (nSPS) is 28.3. The fraction of sp³-hybridized carbons (Fsp3) is 0.586. The van der Waals surface area contributed by atoms with Gasteiger partial charge < -0.3 is 20.4 Å². The molecule has 8 heteroatoms. The predicted molar refractivity (Wildman–Crippen MR) is 144 cm³/mol. The Hall–Kier alpha value is -3.16. The van der Waals surface area contributed by atoms with Gasteiger partial charge in [-0.25, -0.2) is 9.97 Å². The van der Waals surface area contributed by atoms with Crippen molar-refractivity contribution in [3.05, 3.63) is 36.4 Å². The summed E-state index contributed by atoms with van der Waals surface area (Å²) in [7, 11) is 0. The first kappa shape index (κ1) is 24.2. The number of hydrogen-bond acceptors (Lipinski definition) is 6. The van der Waals surface area contributed by atoms with Crippen LogP contribution in [0.25, 0.3) is 11.4 Å². The smallest absolute Gasteiger partial charge is 0.228 e. The van der Waals surface area contributed by atoms with Crippen molar-refractivity contribution in [2.75, 3.05) is 49.5 Å². The molecular formula is C29H38N6O2. The molecule has 7 rings (SSSR count). The van der Waals surface area contributed by atoms with Crippen LogP contribution in [0.15, 0.2) is 36.4 Å². The maximum Gasteiger partial charge on any atom is 0.228 e. The molecule has 8 nitrogen and oxygen atoms in total. The summed E-state index contributed by atoms with van der Waals surface area (Å²) in [5.41, 5.74) is 0.891. The summed E-state index contributed by atoms with van der Waals surface area (Å²) in [5.74, 6) is 5.02. The maximum atomic E-state index is 13.8. The Morgan fingerprint density at radius 3 is 2.19 bits per heavy atom. The molecule has 4 aliphatic carbocycles. The lowest BCUT2D eigenvalue weighted by Crippen LogP contribution is -2.58. The van der Waals surface area contributed by atoms with Gasteiger partial charge >= 0.3 is 0 Å². The molecule has 37 heavy (non-hydrogen) atoms. The van der Waals surface area contributed by atoms with E-state index >= 15 is 0 Å². The number of nitrogens with one attached hydrogen (secondary N) is 2. The van der Waals surface area contributed by atoms with Gasteiger partial charge in [0.25, 0.3) is 0 Å². The molecule has 2 heterocycles. The minimum Gasteiger partial charge on any atom is -0.368 e. The van der Waals surface area contributed by atoms with E-state index < -0.39 is 0 Å². The van der Waals surface area contributed by atoms with Gasteiger partial charge in [0.05, 0.1) is 5.41 Å². The zero-order chi connectivity index (χ0) is 25.4. The molecule has 4 bridgehead atoms. The molecule has 1 aliphatic heterocycles. The van der Waals surface area contributed by atoms with Crippen molar-refractivity contribution in [3.8, 4) is 11.4 Å². The van der Waals surface area contributed by atoms with E-state index in [1.54, 1.807) is 0 Å². The molecule has 4 saturated carbocycles. The third-order valence-electron chi connectivity index (χ3n) is 8.93. The lowest BCUT2D eigenvalue weighted by molar-refractivity contribution is -0.158. The number of benzene rings is 1. The number of piperazine rings is 1. The van der Waals surface area contributed by atoms with E-state index in [-0.39, 0.29) is 11.3 Å². The van der Waals surface area contributed by atoms with Crippen molar-refractivity contribution in [3.63, 3.8) is 0 Å². The minimum absolute atomic E-state index is 0.0453. The van der Waals surface area contributed by atoms with Crippen molar-refractivity contribution in [1.82, 2.24) is 20.2 Å². The van der Waals surface area contributed by atoms with Crippen LogP contribution in [0, 0.1) is 23.2 Å². The minimum atomic E-state index is -0.0721. The van der Waals surface area contributed by atoms with Crippen LogP contribution in [-0.4, -0.2) is 66.0 Å². The quantitative estimate of drug-likeness (QED) is 0.563. The molecule has 0 spiro atoms. The fourth-order valence-electron chi connectivity index (χ4n) is 7.68. The van der Waals surface area contributed by atoms with Gasteiger partial charge in [0, 0.05) is 57.8 Å². The topological polar surface area (TPSA) is 90.5 Å². The highest BCUT2D eigenvalue weighted by Crippen LogP contribution is 2.60. The average molecular weight is 503 g/mol. The number of amides is 2. The largest absolute Gasteiger partial charge is 0.368 e. The zero-order valence-corrected chi connectivity index (χ0v) is 21.8. The molecule has 1 aromatic carbocycles. The number of rotatable bonds is 7. The van der Waals surface area contributed by atoms with Crippen molar-refractivity contribution in [2.24, 2.45) is 23.2 Å². The number of carbonyl (C=O) groups excluding carboxylic acids is 2. The summed E-state index contributed by atoms with van der Waals surface area (Å²) in [6, 6.07) is 12.0. The highest BCUT2D eigenvalue weighted by Gasteiger charge is 2.55. The number of anilines is 2. The Kier molecular flexibility index (Phi) is 6.51. The summed E-state index contributed by atoms with van der Waals surface area (Å²) in [6.07, 6.45) is 7.45. The van der Waals surface area contributed by atoms with Crippen molar-refractivity contribution >= 4 is 23.5 Å². The average Bonchev–Trinajstić information content (AvgIpc) is 2.90. The van der Waals surface area contributed by atoms with E-state index in [0.29, 0.717) is 24.8 Å². The van der Waals surface area contributed by atoms with Crippen LogP contribution in [0.5, 0.6) is 0 Å². The monoisotopic (exact) mass is 502 g/mol. The van der Waals surface area contributed by atoms with E-state index in [2.05, 4.69) is 20.4 Å². The van der Waals surface area contributed by atoms with Gasteiger partial charge in [-0.15, -0.1) is 0 Å². The number of hydrogen-bond donors (Lipinski definition) is 2. The van der Waals surface area contributed by atoms with Crippen molar-refractivity contribution in [1.29, 1.82) is 0 Å². The van der Waals surface area contributed by atoms with Crippen LogP contribution in [0.1, 0.15) is 45.4 Å². The van der Waals surface area contributed by atoms with Crippen molar-refractivity contribution in [2.45, 2.75) is 45.4 Å². The number of nitrogens with zero attached hydrogens (tertiary/aromatic N) is 4. The van der Waals surface area contributed by atoms with Gasteiger partial charge in [0.15, 0.2) is 5.82 Å². The van der Waals surface area contributed by atoms with Gasteiger partial charge in [-0.1, -0.05) is 30.3 Å². The molecule has 0 unspecified atom stereocenters. The van der Waals surface area contributed by atoms with Crippen molar-refractivity contribution < 1.29 is 9.59 Å². The molecule has 1 saturated heterocycles. The molecule has 196 valence electrons. The summed E-state index contributed by atoms with van der Waals surface area (Å²) in [6.45, 7) is 5.67. The standard InChI is InChI=1S/C29H38N6O2/c1-20(36)30-7-8-31-25-16-26(33-27(32-25)24-5-3-2-4-6-24)34-9-11-35(12-10-34)28(37)29-17-21-13-22(18-29)15-23(14-21)19-29/h2-6,16,21-23H,7-15,17-19H2,1H3,(H,30,36)(H,31,32,33). The second-order valence-electron chi connectivity index (χ2n) is 11.7. The first-order valence-corrected chi connectivity index (χ1v) is 13.9. The highest BCUT2D eigenvalue weighted by atomic mass is 16.2. The van der Waals surface area contributed by atoms with Gasteiger partial charge in [0.1, 0.15) is 11.6 Å². The Bertz CT molecular complexity index is 1110. The predicted octanol–water partition coefficient (Wildman–Crippen LogP) is 3.56. The van der Waals surface area contributed by atoms with E-state index in [1.807, 2.05) is 36.4 Å². The van der Waals surface area contributed by atoms with Crippen LogP contribution in [-0.2, 0) is 9.59 Å². The van der Waals surface area contributed by atoms with E-state index in [0.717, 1.165) is 80.4 Å². The molecular weight excluding hydrogens is 464 g/mol. The Balaban J connectivity index is 1.15. The first-order valence-electron chi connectivity index (χ1n) is 13.9. The Morgan fingerprint density at radius 1 is 0.919 bits per heavy atom.